The van der Waals surface area contributed by atoms with E-state index in [1.165, 1.54) is 6.92 Å². The van der Waals surface area contributed by atoms with Crippen molar-refractivity contribution in [2.75, 3.05) is 0 Å². The predicted molar refractivity (Wildman–Crippen MR) is 56.5 cm³/mol. The molecule has 1 heterocycles. The molecule has 0 saturated heterocycles. The van der Waals surface area contributed by atoms with E-state index in [2.05, 4.69) is 5.32 Å². The summed E-state index contributed by atoms with van der Waals surface area (Å²) in [6.45, 7) is 1.56. The largest absolute Gasteiger partial charge is 0.417 e. The van der Waals surface area contributed by atoms with Crippen molar-refractivity contribution >= 4 is 28.8 Å². The van der Waals surface area contributed by atoms with Gasteiger partial charge in [0.05, 0.1) is 12.1 Å². The van der Waals surface area contributed by atoms with Crippen molar-refractivity contribution in [3.8, 4) is 0 Å². The molecule has 1 aromatic rings. The van der Waals surface area contributed by atoms with Crippen molar-refractivity contribution < 1.29 is 18.0 Å². The zero-order chi connectivity index (χ0) is 12.3. The molecule has 1 N–H and O–H groups in total. The Balaban J connectivity index is 2.57. The van der Waals surface area contributed by atoms with Crippen LogP contribution in [0.5, 0.6) is 0 Å². The number of nitrogens with one attached hydrogen (secondary N) is 1. The van der Waals surface area contributed by atoms with Crippen LogP contribution in [0.4, 0.5) is 13.2 Å². The maximum atomic E-state index is 12.2. The van der Waals surface area contributed by atoms with Crippen LogP contribution in [-0.4, -0.2) is 11.3 Å². The van der Waals surface area contributed by atoms with Gasteiger partial charge in [-0.15, -0.1) is 22.9 Å². The second-order valence-corrected chi connectivity index (χ2v) is 4.78. The van der Waals surface area contributed by atoms with E-state index in [0.29, 0.717) is 4.88 Å². The highest BCUT2D eigenvalue weighted by Crippen LogP contribution is 2.32. The molecule has 1 rings (SSSR count). The minimum absolute atomic E-state index is 0.0661. The smallest absolute Gasteiger partial charge is 0.350 e. The van der Waals surface area contributed by atoms with Gasteiger partial charge >= 0.3 is 6.18 Å². The highest BCUT2D eigenvalue weighted by Gasteiger charge is 2.31. The Kier molecular flexibility index (Phi) is 4.21. The first kappa shape index (κ1) is 13.3. The van der Waals surface area contributed by atoms with Crippen LogP contribution in [0.25, 0.3) is 0 Å². The zero-order valence-corrected chi connectivity index (χ0v) is 9.84. The molecular weight excluding hydrogens is 263 g/mol. The van der Waals surface area contributed by atoms with E-state index in [-0.39, 0.29) is 6.54 Å². The molecule has 0 bridgehead atoms. The van der Waals surface area contributed by atoms with Crippen LogP contribution in [0.2, 0.25) is 0 Å². The molecule has 16 heavy (non-hydrogen) atoms. The standard InChI is InChI=1S/C9H9ClF3NOS/c1-5(10)8(15)14-3-7-2-6(4-16-7)9(11,12)13/h2,4-5H,3H2,1H3,(H,14,15). The van der Waals surface area contributed by atoms with Gasteiger partial charge in [-0.2, -0.15) is 13.2 Å². The van der Waals surface area contributed by atoms with Crippen LogP contribution in [0.15, 0.2) is 11.4 Å². The van der Waals surface area contributed by atoms with Gasteiger partial charge in [-0.1, -0.05) is 0 Å². The van der Waals surface area contributed by atoms with Crippen LogP contribution < -0.4 is 5.32 Å². The number of amides is 1. The minimum atomic E-state index is -4.33. The Morgan fingerprint density at radius 3 is 2.69 bits per heavy atom. The van der Waals surface area contributed by atoms with Crippen molar-refractivity contribution in [3.63, 3.8) is 0 Å². The topological polar surface area (TPSA) is 29.1 Å². The first-order valence-corrected chi connectivity index (χ1v) is 5.68. The highest BCUT2D eigenvalue weighted by atomic mass is 35.5. The molecule has 0 aliphatic rings. The van der Waals surface area contributed by atoms with Crippen LogP contribution in [-0.2, 0) is 17.5 Å². The van der Waals surface area contributed by atoms with Gasteiger partial charge in [0.15, 0.2) is 0 Å². The van der Waals surface area contributed by atoms with Crippen molar-refractivity contribution in [3.05, 3.63) is 21.9 Å². The molecule has 7 heteroatoms. The molecule has 0 aromatic carbocycles. The summed E-state index contributed by atoms with van der Waals surface area (Å²) in [5.41, 5.74) is -0.694. The Bertz CT molecular complexity index is 375. The van der Waals surface area contributed by atoms with Gasteiger partial charge in [-0.05, 0) is 13.0 Å². The molecular formula is C9H9ClF3NOS. The minimum Gasteiger partial charge on any atom is -0.350 e. The maximum Gasteiger partial charge on any atom is 0.417 e. The number of carbonyl (C=O) groups excluding carboxylic acids is 1. The predicted octanol–water partition coefficient (Wildman–Crippen LogP) is 3.01. The van der Waals surface area contributed by atoms with E-state index < -0.39 is 23.0 Å². The van der Waals surface area contributed by atoms with Gasteiger partial charge in [-0.3, -0.25) is 4.79 Å². The van der Waals surface area contributed by atoms with E-state index in [1.807, 2.05) is 0 Å². The summed E-state index contributed by atoms with van der Waals surface area (Å²) in [7, 11) is 0. The molecule has 0 aliphatic heterocycles. The SMILES string of the molecule is CC(Cl)C(=O)NCc1cc(C(F)(F)F)cs1. The van der Waals surface area contributed by atoms with Gasteiger partial charge in [0.1, 0.15) is 5.38 Å². The van der Waals surface area contributed by atoms with Gasteiger partial charge in [-0.25, -0.2) is 0 Å². The third-order valence-electron chi connectivity index (χ3n) is 1.78. The number of carbonyl (C=O) groups is 1. The highest BCUT2D eigenvalue weighted by molar-refractivity contribution is 7.10. The summed E-state index contributed by atoms with van der Waals surface area (Å²) in [4.78, 5) is 11.5. The lowest BCUT2D eigenvalue weighted by Gasteiger charge is -2.04. The van der Waals surface area contributed by atoms with E-state index in [9.17, 15) is 18.0 Å². The fourth-order valence-electron chi connectivity index (χ4n) is 0.937. The Labute approximate surface area is 99.4 Å². The third kappa shape index (κ3) is 3.68. The second-order valence-electron chi connectivity index (χ2n) is 3.13. The van der Waals surface area contributed by atoms with Crippen molar-refractivity contribution in [2.45, 2.75) is 25.0 Å². The summed E-state index contributed by atoms with van der Waals surface area (Å²) in [6.07, 6.45) is -4.33. The molecule has 0 saturated carbocycles. The lowest BCUT2D eigenvalue weighted by Crippen LogP contribution is -2.28. The number of rotatable bonds is 3. The van der Waals surface area contributed by atoms with Gasteiger partial charge in [0.2, 0.25) is 5.91 Å². The van der Waals surface area contributed by atoms with E-state index in [4.69, 9.17) is 11.6 Å². The first-order chi connectivity index (χ1) is 7.30. The van der Waals surface area contributed by atoms with Gasteiger partial charge in [0, 0.05) is 10.3 Å². The van der Waals surface area contributed by atoms with Crippen LogP contribution >= 0.6 is 22.9 Å². The Morgan fingerprint density at radius 1 is 1.62 bits per heavy atom. The molecule has 0 fully saturated rings. The lowest BCUT2D eigenvalue weighted by molar-refractivity contribution is -0.137. The second kappa shape index (κ2) is 5.05. The van der Waals surface area contributed by atoms with Crippen LogP contribution in [0, 0.1) is 0 Å². The number of halogens is 4. The lowest BCUT2D eigenvalue weighted by atomic mass is 10.3. The number of thiophene rings is 1. The maximum absolute atomic E-state index is 12.2. The average Bonchev–Trinajstić information content (AvgIpc) is 2.61. The average molecular weight is 272 g/mol. The Morgan fingerprint density at radius 2 is 2.25 bits per heavy atom. The molecule has 0 radical (unpaired) electrons. The summed E-state index contributed by atoms with van der Waals surface area (Å²) < 4.78 is 36.7. The van der Waals surface area contributed by atoms with E-state index in [0.717, 1.165) is 22.8 Å². The quantitative estimate of drug-likeness (QED) is 0.842. The zero-order valence-electron chi connectivity index (χ0n) is 8.27. The number of alkyl halides is 4. The van der Waals surface area contributed by atoms with E-state index in [1.54, 1.807) is 0 Å². The monoisotopic (exact) mass is 271 g/mol. The van der Waals surface area contributed by atoms with Crippen molar-refractivity contribution in [1.82, 2.24) is 5.32 Å². The molecule has 90 valence electrons. The fourth-order valence-corrected chi connectivity index (χ4v) is 1.84. The molecule has 1 aromatic heterocycles. The summed E-state index contributed by atoms with van der Waals surface area (Å²) in [6, 6.07) is 1.02. The van der Waals surface area contributed by atoms with Crippen molar-refractivity contribution in [1.29, 1.82) is 0 Å². The summed E-state index contributed by atoms with van der Waals surface area (Å²) in [5.74, 6) is -0.399. The van der Waals surface area contributed by atoms with E-state index >= 15 is 0 Å². The Hall–Kier alpha value is -0.750. The molecule has 1 unspecified atom stereocenters. The molecule has 0 aliphatic carbocycles. The molecule has 1 amide bonds. The van der Waals surface area contributed by atoms with Gasteiger partial charge in [0.25, 0.3) is 0 Å². The summed E-state index contributed by atoms with van der Waals surface area (Å²) >= 11 is 6.44. The summed E-state index contributed by atoms with van der Waals surface area (Å²) in [5, 5.41) is 2.76. The number of hydrogen-bond donors (Lipinski definition) is 1. The van der Waals surface area contributed by atoms with Gasteiger partial charge < -0.3 is 5.32 Å². The molecule has 1 atom stereocenters. The van der Waals surface area contributed by atoms with Crippen molar-refractivity contribution in [2.24, 2.45) is 0 Å². The molecule has 2 nitrogen and oxygen atoms in total. The van der Waals surface area contributed by atoms with Crippen LogP contribution in [0.3, 0.4) is 0 Å². The van der Waals surface area contributed by atoms with Crippen LogP contribution in [0.1, 0.15) is 17.4 Å². The normalized spacial score (nSPS) is 13.6. The fraction of sp³-hybridized carbons (Fsp3) is 0.444. The third-order valence-corrected chi connectivity index (χ3v) is 2.91. The first-order valence-electron chi connectivity index (χ1n) is 4.37. The molecule has 0 spiro atoms. The number of hydrogen-bond acceptors (Lipinski definition) is 2.